The molecule has 1 aromatic rings. The first-order chi connectivity index (χ1) is 12.9. The highest BCUT2D eigenvalue weighted by Gasteiger charge is 2.36. The minimum Gasteiger partial charge on any atom is -0.375 e. The van der Waals surface area contributed by atoms with Gasteiger partial charge in [-0.1, -0.05) is 43.9 Å². The molecule has 2 fully saturated rings. The molecule has 1 aromatic heterocycles. The van der Waals surface area contributed by atoms with E-state index in [4.69, 9.17) is 12.2 Å². The first kappa shape index (κ1) is 18.7. The second kappa shape index (κ2) is 7.43. The summed E-state index contributed by atoms with van der Waals surface area (Å²) in [6.07, 6.45) is 4.08. The third-order valence-corrected chi connectivity index (χ3v) is 6.98. The van der Waals surface area contributed by atoms with Crippen molar-refractivity contribution >= 4 is 34.2 Å². The van der Waals surface area contributed by atoms with Crippen LogP contribution in [0.15, 0.2) is 34.1 Å². The van der Waals surface area contributed by atoms with Gasteiger partial charge in [0.2, 0.25) is 0 Å². The summed E-state index contributed by atoms with van der Waals surface area (Å²) >= 11 is 6.85. The predicted octanol–water partition coefficient (Wildman–Crippen LogP) is 3.02. The summed E-state index contributed by atoms with van der Waals surface area (Å²) in [5.41, 5.74) is 1.23. The van der Waals surface area contributed by atoms with Crippen LogP contribution in [0.1, 0.15) is 38.3 Å². The molecular formula is C20H25N3O2S2. The summed E-state index contributed by atoms with van der Waals surface area (Å²) in [4.78, 5) is 29.6. The summed E-state index contributed by atoms with van der Waals surface area (Å²) in [6, 6.07) is 5.56. The zero-order valence-corrected chi connectivity index (χ0v) is 17.4. The molecule has 0 aliphatic carbocycles. The van der Waals surface area contributed by atoms with E-state index < -0.39 is 0 Å². The Hall–Kier alpha value is -1.60. The first-order valence-electron chi connectivity index (χ1n) is 9.61. The summed E-state index contributed by atoms with van der Waals surface area (Å²) in [7, 11) is 0. The second-order valence-electron chi connectivity index (χ2n) is 8.15. The van der Waals surface area contributed by atoms with Gasteiger partial charge in [-0.25, -0.2) is 0 Å². The van der Waals surface area contributed by atoms with E-state index in [-0.39, 0.29) is 11.5 Å². The number of thioether (sulfide) groups is 1. The van der Waals surface area contributed by atoms with Crippen LogP contribution in [0, 0.1) is 11.8 Å². The van der Waals surface area contributed by atoms with Crippen LogP contribution < -0.4 is 5.56 Å². The monoisotopic (exact) mass is 403 g/mol. The van der Waals surface area contributed by atoms with Crippen LogP contribution >= 0.6 is 24.0 Å². The van der Waals surface area contributed by atoms with Gasteiger partial charge in [-0.3, -0.25) is 14.5 Å². The maximum absolute atomic E-state index is 12.8. The van der Waals surface area contributed by atoms with Crippen LogP contribution in [0.2, 0.25) is 0 Å². The number of rotatable bonds is 4. The summed E-state index contributed by atoms with van der Waals surface area (Å²) in [5.74, 6) is 1.37. The average molecular weight is 404 g/mol. The quantitative estimate of drug-likeness (QED) is 0.571. The molecule has 0 N–H and O–H groups in total. The molecule has 3 aliphatic rings. The van der Waals surface area contributed by atoms with Crippen molar-refractivity contribution in [3.8, 4) is 0 Å². The van der Waals surface area contributed by atoms with Crippen molar-refractivity contribution in [3.05, 3.63) is 45.4 Å². The molecule has 2 saturated heterocycles. The fourth-order valence-corrected chi connectivity index (χ4v) is 5.59. The van der Waals surface area contributed by atoms with E-state index in [0.29, 0.717) is 28.6 Å². The SMILES string of the molecule is CC(C)CCN1C(=O)/C(=C/N2C[C@@H]3C[C@@H](C2)c2cccc(=O)n2C3)SC1=S. The largest absolute Gasteiger partial charge is 0.375 e. The number of amides is 1. The van der Waals surface area contributed by atoms with E-state index in [1.54, 1.807) is 11.0 Å². The summed E-state index contributed by atoms with van der Waals surface area (Å²) in [5, 5.41) is 0. The molecule has 0 radical (unpaired) electrons. The Morgan fingerprint density at radius 1 is 1.26 bits per heavy atom. The molecule has 3 aliphatic heterocycles. The minimum atomic E-state index is 0.0398. The van der Waals surface area contributed by atoms with Gasteiger partial charge in [0, 0.05) is 50.1 Å². The molecular weight excluding hydrogens is 378 g/mol. The predicted molar refractivity (Wildman–Crippen MR) is 113 cm³/mol. The van der Waals surface area contributed by atoms with Crippen molar-refractivity contribution in [2.75, 3.05) is 19.6 Å². The Balaban J connectivity index is 1.50. The van der Waals surface area contributed by atoms with Crippen LogP contribution in [0.5, 0.6) is 0 Å². The molecule has 0 aromatic carbocycles. The number of hydrogen-bond donors (Lipinski definition) is 0. The highest BCUT2D eigenvalue weighted by atomic mass is 32.2. The van der Waals surface area contributed by atoms with E-state index in [1.165, 1.54) is 11.8 Å². The average Bonchev–Trinajstić information content (AvgIpc) is 2.87. The van der Waals surface area contributed by atoms with E-state index in [9.17, 15) is 9.59 Å². The van der Waals surface area contributed by atoms with Crippen LogP contribution in [-0.2, 0) is 11.3 Å². The van der Waals surface area contributed by atoms with Crippen LogP contribution in [-0.4, -0.2) is 44.2 Å². The molecule has 27 heavy (non-hydrogen) atoms. The molecule has 2 atom stereocenters. The van der Waals surface area contributed by atoms with E-state index >= 15 is 0 Å². The summed E-state index contributed by atoms with van der Waals surface area (Å²) in [6.45, 7) is 7.50. The lowest BCUT2D eigenvalue weighted by atomic mass is 9.83. The van der Waals surface area contributed by atoms with Gasteiger partial charge < -0.3 is 9.47 Å². The number of pyridine rings is 1. The zero-order chi connectivity index (χ0) is 19.1. The van der Waals surface area contributed by atoms with Gasteiger partial charge in [0.05, 0.1) is 4.91 Å². The van der Waals surface area contributed by atoms with Gasteiger partial charge >= 0.3 is 0 Å². The molecule has 144 valence electrons. The van der Waals surface area contributed by atoms with Gasteiger partial charge in [0.1, 0.15) is 4.32 Å². The van der Waals surface area contributed by atoms with Crippen molar-refractivity contribution in [2.24, 2.45) is 11.8 Å². The van der Waals surface area contributed by atoms with Crippen molar-refractivity contribution in [1.29, 1.82) is 0 Å². The Kier molecular flexibility index (Phi) is 5.16. The Bertz CT molecular complexity index is 861. The van der Waals surface area contributed by atoms with Gasteiger partial charge in [-0.05, 0) is 30.7 Å². The first-order valence-corrected chi connectivity index (χ1v) is 10.8. The lowest BCUT2D eigenvalue weighted by molar-refractivity contribution is -0.122. The molecule has 0 saturated carbocycles. The lowest BCUT2D eigenvalue weighted by Gasteiger charge is -2.42. The molecule has 4 rings (SSSR count). The summed E-state index contributed by atoms with van der Waals surface area (Å²) < 4.78 is 2.60. The number of carbonyl (C=O) groups excluding carboxylic acids is 1. The van der Waals surface area contributed by atoms with Gasteiger partial charge in [-0.15, -0.1) is 0 Å². The van der Waals surface area contributed by atoms with Crippen LogP contribution in [0.3, 0.4) is 0 Å². The van der Waals surface area contributed by atoms with Crippen LogP contribution in [0.25, 0.3) is 0 Å². The third-order valence-electron chi connectivity index (χ3n) is 5.61. The van der Waals surface area contributed by atoms with Crippen molar-refractivity contribution < 1.29 is 4.79 Å². The Morgan fingerprint density at radius 3 is 2.85 bits per heavy atom. The smallest absolute Gasteiger partial charge is 0.267 e. The molecule has 0 unspecified atom stereocenters. The van der Waals surface area contributed by atoms with Crippen molar-refractivity contribution in [1.82, 2.24) is 14.4 Å². The lowest BCUT2D eigenvalue weighted by Crippen LogP contribution is -2.45. The topological polar surface area (TPSA) is 45.6 Å². The fraction of sp³-hybridized carbons (Fsp3) is 0.550. The molecule has 0 spiro atoms. The molecule has 7 heteroatoms. The zero-order valence-electron chi connectivity index (χ0n) is 15.8. The van der Waals surface area contributed by atoms with E-state index in [1.807, 2.05) is 16.8 Å². The minimum absolute atomic E-state index is 0.0398. The molecule has 2 bridgehead atoms. The number of likely N-dealkylation sites (tertiary alicyclic amines) is 1. The number of carbonyl (C=O) groups is 1. The normalized spacial score (nSPS) is 26.3. The Morgan fingerprint density at radius 2 is 2.07 bits per heavy atom. The number of thiocarbonyl (C=S) groups is 1. The van der Waals surface area contributed by atoms with Gasteiger partial charge in [-0.2, -0.15) is 0 Å². The highest BCUT2D eigenvalue weighted by Crippen LogP contribution is 2.37. The molecule has 4 heterocycles. The Labute approximate surface area is 169 Å². The van der Waals surface area contributed by atoms with Crippen molar-refractivity contribution in [3.63, 3.8) is 0 Å². The maximum atomic E-state index is 12.8. The highest BCUT2D eigenvalue weighted by molar-refractivity contribution is 8.26. The fourth-order valence-electron chi connectivity index (χ4n) is 4.28. The maximum Gasteiger partial charge on any atom is 0.267 e. The molecule has 1 amide bonds. The van der Waals surface area contributed by atoms with Gasteiger partial charge in [0.25, 0.3) is 11.5 Å². The standard InChI is InChI=1S/C20H25N3O2S2/c1-13(2)6-7-22-19(25)17(27-20(22)26)12-21-9-14-8-15(11-21)16-4-3-5-18(24)23(16)10-14/h3-5,12-15H,6-11H2,1-2H3/b17-12-/t14-,15-/m0/s1. The van der Waals surface area contributed by atoms with E-state index in [0.717, 1.165) is 43.1 Å². The third kappa shape index (κ3) is 3.72. The number of aromatic nitrogens is 1. The number of piperidine rings is 1. The number of nitrogens with zero attached hydrogens (tertiary/aromatic N) is 3. The number of fused-ring (bicyclic) bond motifs is 4. The molecule has 5 nitrogen and oxygen atoms in total. The van der Waals surface area contributed by atoms with Gasteiger partial charge in [0.15, 0.2) is 0 Å². The van der Waals surface area contributed by atoms with Crippen molar-refractivity contribution in [2.45, 2.75) is 39.2 Å². The van der Waals surface area contributed by atoms with Crippen LogP contribution in [0.4, 0.5) is 0 Å². The second-order valence-corrected chi connectivity index (χ2v) is 9.83. The van der Waals surface area contributed by atoms with E-state index in [2.05, 4.69) is 24.8 Å². The number of hydrogen-bond acceptors (Lipinski definition) is 5.